The molecule has 2 heterocycles. The molecule has 4 rings (SSSR count). The molecule has 0 aromatic heterocycles. The van der Waals surface area contributed by atoms with Crippen LogP contribution in [0.2, 0.25) is 0 Å². The Balaban J connectivity index is 1.63. The van der Waals surface area contributed by atoms with Crippen molar-refractivity contribution >= 4 is 11.9 Å². The highest BCUT2D eigenvalue weighted by Crippen LogP contribution is 2.34. The van der Waals surface area contributed by atoms with Gasteiger partial charge >= 0.3 is 0 Å². The van der Waals surface area contributed by atoms with Gasteiger partial charge in [-0.3, -0.25) is 4.79 Å². The fraction of sp³-hybridized carbons (Fsp3) is 0.471. The largest absolute Gasteiger partial charge is 0.311 e. The van der Waals surface area contributed by atoms with Crippen LogP contribution in [0.5, 0.6) is 0 Å². The van der Waals surface area contributed by atoms with Gasteiger partial charge in [-0.2, -0.15) is 0 Å². The van der Waals surface area contributed by atoms with E-state index in [4.69, 9.17) is 0 Å². The minimum atomic E-state index is 0.242. The second kappa shape index (κ2) is 4.31. The molecule has 2 saturated heterocycles. The van der Waals surface area contributed by atoms with Crippen molar-refractivity contribution in [3.63, 3.8) is 0 Å². The number of benzene rings is 1. The monoisotopic (exact) mass is 253 g/mol. The Kier molecular flexibility index (Phi) is 2.59. The topological polar surface area (TPSA) is 29.1 Å². The minimum absolute atomic E-state index is 0.242. The third kappa shape index (κ3) is 1.86. The number of carbonyl (C=O) groups is 1. The summed E-state index contributed by atoms with van der Waals surface area (Å²) < 4.78 is 0. The minimum Gasteiger partial charge on any atom is -0.311 e. The summed E-state index contributed by atoms with van der Waals surface area (Å²) in [5, 5.41) is 3.61. The summed E-state index contributed by atoms with van der Waals surface area (Å²) in [6.07, 6.45) is 9.80. The van der Waals surface area contributed by atoms with Crippen LogP contribution in [0.25, 0.3) is 6.08 Å². The highest BCUT2D eigenvalue weighted by molar-refractivity contribution is 6.00. The molecule has 0 spiro atoms. The van der Waals surface area contributed by atoms with Gasteiger partial charge in [0.1, 0.15) is 0 Å². The first-order chi connectivity index (χ1) is 9.31. The Labute approximate surface area is 113 Å². The summed E-state index contributed by atoms with van der Waals surface area (Å²) in [5.41, 5.74) is 3.47. The molecule has 0 radical (unpaired) electrons. The first kappa shape index (κ1) is 11.4. The predicted molar refractivity (Wildman–Crippen MR) is 76.2 cm³/mol. The van der Waals surface area contributed by atoms with Gasteiger partial charge in [0.2, 0.25) is 0 Å². The second-order valence-corrected chi connectivity index (χ2v) is 6.15. The van der Waals surface area contributed by atoms with Gasteiger partial charge in [0, 0.05) is 23.6 Å². The lowest BCUT2D eigenvalue weighted by atomic mass is 9.84. The number of carbonyl (C=O) groups excluding carboxylic acids is 1. The van der Waals surface area contributed by atoms with Crippen molar-refractivity contribution in [1.82, 2.24) is 5.32 Å². The SMILES string of the molecule is O=C(c1cccc2c1CC=C2)C1CC2CCC(C1)N2. The van der Waals surface area contributed by atoms with E-state index in [9.17, 15) is 4.79 Å². The van der Waals surface area contributed by atoms with E-state index in [-0.39, 0.29) is 5.92 Å². The molecule has 3 aliphatic rings. The van der Waals surface area contributed by atoms with Crippen molar-refractivity contribution in [2.24, 2.45) is 5.92 Å². The third-order valence-corrected chi connectivity index (χ3v) is 4.94. The lowest BCUT2D eigenvalue weighted by Gasteiger charge is -2.28. The van der Waals surface area contributed by atoms with E-state index < -0.39 is 0 Å². The molecule has 19 heavy (non-hydrogen) atoms. The molecular weight excluding hydrogens is 234 g/mol. The Morgan fingerprint density at radius 1 is 1.16 bits per heavy atom. The van der Waals surface area contributed by atoms with E-state index in [0.717, 1.165) is 24.8 Å². The number of hydrogen-bond acceptors (Lipinski definition) is 2. The fourth-order valence-corrected chi connectivity index (χ4v) is 4.01. The molecule has 98 valence electrons. The van der Waals surface area contributed by atoms with Gasteiger partial charge < -0.3 is 5.32 Å². The Bertz CT molecular complexity index is 548. The van der Waals surface area contributed by atoms with Crippen LogP contribution in [0.1, 0.15) is 47.2 Å². The maximum atomic E-state index is 12.8. The number of rotatable bonds is 2. The maximum absolute atomic E-state index is 12.8. The van der Waals surface area contributed by atoms with Crippen LogP contribution in [0.15, 0.2) is 24.3 Å². The smallest absolute Gasteiger partial charge is 0.166 e. The molecular formula is C17H19NO. The van der Waals surface area contributed by atoms with Gasteiger partial charge in [-0.1, -0.05) is 30.4 Å². The van der Waals surface area contributed by atoms with Gasteiger partial charge in [-0.15, -0.1) is 0 Å². The van der Waals surface area contributed by atoms with E-state index >= 15 is 0 Å². The van der Waals surface area contributed by atoms with Crippen molar-refractivity contribution < 1.29 is 4.79 Å². The number of Topliss-reactive ketones (excluding diaryl/α,β-unsaturated/α-hetero) is 1. The van der Waals surface area contributed by atoms with E-state index in [1.54, 1.807) is 0 Å². The average molecular weight is 253 g/mol. The number of piperidine rings is 1. The van der Waals surface area contributed by atoms with Crippen LogP contribution in [0, 0.1) is 5.92 Å². The zero-order chi connectivity index (χ0) is 12.8. The first-order valence-corrected chi connectivity index (χ1v) is 7.40. The molecule has 0 amide bonds. The molecule has 2 unspecified atom stereocenters. The number of ketones is 1. The van der Waals surface area contributed by atoms with Crippen LogP contribution in [0.4, 0.5) is 0 Å². The Morgan fingerprint density at radius 2 is 1.95 bits per heavy atom. The van der Waals surface area contributed by atoms with Gasteiger partial charge in [0.25, 0.3) is 0 Å². The van der Waals surface area contributed by atoms with Gasteiger partial charge in [0.05, 0.1) is 0 Å². The fourth-order valence-electron chi connectivity index (χ4n) is 4.01. The second-order valence-electron chi connectivity index (χ2n) is 6.15. The van der Waals surface area contributed by atoms with E-state index in [0.29, 0.717) is 17.9 Å². The maximum Gasteiger partial charge on any atom is 0.166 e. The standard InChI is InChI=1S/C17H19NO/c19-17(12-9-13-7-8-14(10-12)18-13)16-6-2-4-11-3-1-5-15(11)16/h1-4,6,12-14,18H,5,7-10H2. The molecule has 2 nitrogen and oxygen atoms in total. The number of nitrogens with one attached hydrogen (secondary N) is 1. The molecule has 1 aromatic carbocycles. The normalized spacial score (nSPS) is 31.5. The van der Waals surface area contributed by atoms with Crippen molar-refractivity contribution in [2.45, 2.75) is 44.2 Å². The van der Waals surface area contributed by atoms with Crippen LogP contribution in [0.3, 0.4) is 0 Å². The van der Waals surface area contributed by atoms with Gasteiger partial charge in [-0.05, 0) is 43.2 Å². The molecule has 1 aromatic rings. The average Bonchev–Trinajstić information content (AvgIpc) is 3.04. The zero-order valence-corrected chi connectivity index (χ0v) is 11.1. The Morgan fingerprint density at radius 3 is 2.74 bits per heavy atom. The van der Waals surface area contributed by atoms with Crippen molar-refractivity contribution in [3.8, 4) is 0 Å². The molecule has 1 N–H and O–H groups in total. The van der Waals surface area contributed by atoms with Crippen LogP contribution in [-0.2, 0) is 6.42 Å². The van der Waals surface area contributed by atoms with E-state index in [1.165, 1.54) is 24.0 Å². The molecule has 2 bridgehead atoms. The molecule has 2 fully saturated rings. The first-order valence-electron chi connectivity index (χ1n) is 7.40. The molecule has 1 aliphatic carbocycles. The molecule has 0 saturated carbocycles. The summed E-state index contributed by atoms with van der Waals surface area (Å²) in [4.78, 5) is 12.8. The van der Waals surface area contributed by atoms with Gasteiger partial charge in [0.15, 0.2) is 5.78 Å². The molecule has 2 atom stereocenters. The molecule has 2 heteroatoms. The Hall–Kier alpha value is -1.41. The van der Waals surface area contributed by atoms with E-state index in [2.05, 4.69) is 23.5 Å². The summed E-state index contributed by atoms with van der Waals surface area (Å²) in [6, 6.07) is 7.34. The predicted octanol–water partition coefficient (Wildman–Crippen LogP) is 2.97. The lowest BCUT2D eigenvalue weighted by molar-refractivity contribution is 0.0875. The number of fused-ring (bicyclic) bond motifs is 3. The number of hydrogen-bond donors (Lipinski definition) is 1. The van der Waals surface area contributed by atoms with Crippen molar-refractivity contribution in [2.75, 3.05) is 0 Å². The highest BCUT2D eigenvalue weighted by atomic mass is 16.1. The van der Waals surface area contributed by atoms with Crippen molar-refractivity contribution in [3.05, 3.63) is 41.0 Å². The lowest BCUT2D eigenvalue weighted by Crippen LogP contribution is -2.40. The summed E-state index contributed by atoms with van der Waals surface area (Å²) in [6.45, 7) is 0. The number of allylic oxidation sites excluding steroid dienone is 1. The highest BCUT2D eigenvalue weighted by Gasteiger charge is 2.37. The molecule has 2 aliphatic heterocycles. The summed E-state index contributed by atoms with van der Waals surface area (Å²) >= 11 is 0. The van der Waals surface area contributed by atoms with Crippen molar-refractivity contribution in [1.29, 1.82) is 0 Å². The summed E-state index contributed by atoms with van der Waals surface area (Å²) in [5.74, 6) is 0.629. The van der Waals surface area contributed by atoms with E-state index in [1.807, 2.05) is 12.1 Å². The van der Waals surface area contributed by atoms with Crippen LogP contribution < -0.4 is 5.32 Å². The third-order valence-electron chi connectivity index (χ3n) is 4.94. The van der Waals surface area contributed by atoms with Crippen LogP contribution in [-0.4, -0.2) is 17.9 Å². The van der Waals surface area contributed by atoms with Crippen LogP contribution >= 0.6 is 0 Å². The zero-order valence-electron chi connectivity index (χ0n) is 11.1. The van der Waals surface area contributed by atoms with Gasteiger partial charge in [-0.25, -0.2) is 0 Å². The summed E-state index contributed by atoms with van der Waals surface area (Å²) in [7, 11) is 0. The quantitative estimate of drug-likeness (QED) is 0.821.